The topological polar surface area (TPSA) is 52.0 Å². The summed E-state index contributed by atoms with van der Waals surface area (Å²) >= 11 is 0. The second-order valence-electron chi connectivity index (χ2n) is 4.82. The van der Waals surface area contributed by atoms with Gasteiger partial charge < -0.3 is 10.2 Å². The van der Waals surface area contributed by atoms with Crippen LogP contribution in [0.1, 0.15) is 28.6 Å². The lowest BCUT2D eigenvalue weighted by atomic mass is 10.1. The average Bonchev–Trinajstić information content (AvgIpc) is 2.75. The molecule has 1 atom stereocenters. The summed E-state index contributed by atoms with van der Waals surface area (Å²) in [6.07, 6.45) is 1.75. The van der Waals surface area contributed by atoms with E-state index < -0.39 is 0 Å². The molecule has 1 aromatic carbocycles. The second-order valence-corrected chi connectivity index (χ2v) is 4.82. The number of pyridine rings is 1. The van der Waals surface area contributed by atoms with Crippen molar-refractivity contribution in [3.8, 4) is 0 Å². The van der Waals surface area contributed by atoms with Crippen molar-refractivity contribution < 1.29 is 4.42 Å². The molecule has 0 radical (unpaired) electrons. The van der Waals surface area contributed by atoms with Crippen LogP contribution in [0.4, 0.5) is 0 Å². The number of furan rings is 1. The van der Waals surface area contributed by atoms with Crippen LogP contribution in [0.5, 0.6) is 0 Å². The number of fused-ring (bicyclic) bond motifs is 1. The van der Waals surface area contributed by atoms with Gasteiger partial charge in [-0.2, -0.15) is 0 Å². The molecule has 3 rings (SSSR count). The van der Waals surface area contributed by atoms with E-state index in [9.17, 15) is 0 Å². The maximum absolute atomic E-state index is 6.26. The van der Waals surface area contributed by atoms with Gasteiger partial charge in [0.25, 0.3) is 0 Å². The van der Waals surface area contributed by atoms with Gasteiger partial charge in [0.15, 0.2) is 0 Å². The van der Waals surface area contributed by atoms with E-state index in [1.54, 1.807) is 6.20 Å². The number of aryl methyl sites for hydroxylation is 2. The van der Waals surface area contributed by atoms with Crippen molar-refractivity contribution in [2.24, 2.45) is 5.73 Å². The molecule has 96 valence electrons. The predicted octanol–water partition coefficient (Wildman–Crippen LogP) is 3.49. The van der Waals surface area contributed by atoms with Crippen molar-refractivity contribution in [3.63, 3.8) is 0 Å². The van der Waals surface area contributed by atoms with E-state index in [-0.39, 0.29) is 6.04 Å². The molecule has 0 bridgehead atoms. The first-order valence-corrected chi connectivity index (χ1v) is 6.33. The molecule has 0 amide bonds. The lowest BCUT2D eigenvalue weighted by Crippen LogP contribution is -2.13. The van der Waals surface area contributed by atoms with Crippen molar-refractivity contribution in [1.29, 1.82) is 0 Å². The molecular formula is C16H16N2O. The fraction of sp³-hybridized carbons (Fsp3) is 0.188. The normalized spacial score (nSPS) is 12.8. The van der Waals surface area contributed by atoms with Gasteiger partial charge in [-0.15, -0.1) is 0 Å². The highest BCUT2D eigenvalue weighted by Gasteiger charge is 2.19. The summed E-state index contributed by atoms with van der Waals surface area (Å²) in [6, 6.07) is 11.6. The molecule has 3 nitrogen and oxygen atoms in total. The highest BCUT2D eigenvalue weighted by molar-refractivity contribution is 5.82. The van der Waals surface area contributed by atoms with Gasteiger partial charge in [-0.05, 0) is 37.6 Å². The van der Waals surface area contributed by atoms with Gasteiger partial charge in [0.1, 0.15) is 17.4 Å². The number of aromatic nitrogens is 1. The van der Waals surface area contributed by atoms with E-state index in [0.717, 1.165) is 28.0 Å². The van der Waals surface area contributed by atoms with E-state index in [1.807, 2.05) is 31.2 Å². The number of hydrogen-bond donors (Lipinski definition) is 1. The number of hydrogen-bond acceptors (Lipinski definition) is 3. The zero-order valence-corrected chi connectivity index (χ0v) is 11.1. The minimum absolute atomic E-state index is 0.325. The lowest BCUT2D eigenvalue weighted by molar-refractivity contribution is 0.516. The van der Waals surface area contributed by atoms with E-state index in [2.05, 4.69) is 24.0 Å². The van der Waals surface area contributed by atoms with Gasteiger partial charge in [0.2, 0.25) is 0 Å². The van der Waals surface area contributed by atoms with Crippen LogP contribution in [0.3, 0.4) is 0 Å². The van der Waals surface area contributed by atoms with Crippen LogP contribution in [-0.4, -0.2) is 4.98 Å². The minimum atomic E-state index is -0.325. The van der Waals surface area contributed by atoms with Crippen molar-refractivity contribution in [2.75, 3.05) is 0 Å². The summed E-state index contributed by atoms with van der Waals surface area (Å²) in [7, 11) is 0. The molecule has 0 aliphatic heterocycles. The van der Waals surface area contributed by atoms with Crippen molar-refractivity contribution >= 4 is 11.0 Å². The Kier molecular flexibility index (Phi) is 2.84. The molecule has 0 saturated heterocycles. The maximum Gasteiger partial charge on any atom is 0.134 e. The third-order valence-corrected chi connectivity index (χ3v) is 3.42. The zero-order chi connectivity index (χ0) is 13.4. The summed E-state index contributed by atoms with van der Waals surface area (Å²) in [5.74, 6) is 0.791. The van der Waals surface area contributed by atoms with E-state index in [4.69, 9.17) is 10.2 Å². The first kappa shape index (κ1) is 11.9. The van der Waals surface area contributed by atoms with E-state index >= 15 is 0 Å². The summed E-state index contributed by atoms with van der Waals surface area (Å²) in [5, 5.41) is 1.12. The highest BCUT2D eigenvalue weighted by atomic mass is 16.3. The van der Waals surface area contributed by atoms with Crippen molar-refractivity contribution in [3.05, 3.63) is 65.2 Å². The number of benzene rings is 1. The highest BCUT2D eigenvalue weighted by Crippen LogP contribution is 2.31. The Labute approximate surface area is 112 Å². The van der Waals surface area contributed by atoms with Crippen LogP contribution < -0.4 is 5.73 Å². The van der Waals surface area contributed by atoms with Gasteiger partial charge in [0.05, 0.1) is 5.69 Å². The molecule has 0 aliphatic carbocycles. The fourth-order valence-corrected chi connectivity index (χ4v) is 2.34. The standard InChI is InChI=1S/C16H16N2O/c1-10-6-7-12-11(2)16(19-14(12)9-10)15(17)13-5-3-4-8-18-13/h3-9,15H,17H2,1-2H3. The number of rotatable bonds is 2. The third kappa shape index (κ3) is 2.02. The van der Waals surface area contributed by atoms with Crippen LogP contribution in [0.15, 0.2) is 47.0 Å². The molecular weight excluding hydrogens is 236 g/mol. The lowest BCUT2D eigenvalue weighted by Gasteiger charge is -2.08. The Hall–Kier alpha value is -2.13. The molecule has 0 saturated carbocycles. The number of nitrogens with zero attached hydrogens (tertiary/aromatic N) is 1. The Morgan fingerprint density at radius 1 is 1.16 bits per heavy atom. The molecule has 2 N–H and O–H groups in total. The van der Waals surface area contributed by atoms with Crippen LogP contribution in [0.25, 0.3) is 11.0 Å². The summed E-state index contributed by atoms with van der Waals surface area (Å²) < 4.78 is 5.93. The Morgan fingerprint density at radius 2 is 2.00 bits per heavy atom. The zero-order valence-electron chi connectivity index (χ0n) is 11.1. The number of nitrogens with two attached hydrogens (primary N) is 1. The fourth-order valence-electron chi connectivity index (χ4n) is 2.34. The molecule has 2 aromatic heterocycles. The van der Waals surface area contributed by atoms with Gasteiger partial charge >= 0.3 is 0 Å². The Morgan fingerprint density at radius 3 is 2.74 bits per heavy atom. The van der Waals surface area contributed by atoms with Crippen LogP contribution in [0, 0.1) is 13.8 Å². The molecule has 3 heteroatoms. The average molecular weight is 252 g/mol. The van der Waals surface area contributed by atoms with Crippen LogP contribution in [-0.2, 0) is 0 Å². The van der Waals surface area contributed by atoms with Crippen molar-refractivity contribution in [1.82, 2.24) is 4.98 Å². The largest absolute Gasteiger partial charge is 0.459 e. The predicted molar refractivity (Wildman–Crippen MR) is 76.0 cm³/mol. The molecule has 2 heterocycles. The molecule has 19 heavy (non-hydrogen) atoms. The summed E-state index contributed by atoms with van der Waals surface area (Å²) in [4.78, 5) is 4.30. The van der Waals surface area contributed by atoms with Crippen LogP contribution >= 0.6 is 0 Å². The molecule has 1 unspecified atom stereocenters. The monoisotopic (exact) mass is 252 g/mol. The smallest absolute Gasteiger partial charge is 0.134 e. The quantitative estimate of drug-likeness (QED) is 0.759. The molecule has 0 aliphatic rings. The van der Waals surface area contributed by atoms with Crippen LogP contribution in [0.2, 0.25) is 0 Å². The van der Waals surface area contributed by atoms with Gasteiger partial charge in [0, 0.05) is 17.1 Å². The SMILES string of the molecule is Cc1ccc2c(C)c(C(N)c3ccccn3)oc2c1. The van der Waals surface area contributed by atoms with E-state index in [0.29, 0.717) is 0 Å². The first-order valence-electron chi connectivity index (χ1n) is 6.33. The molecule has 0 spiro atoms. The summed E-state index contributed by atoms with van der Waals surface area (Å²) in [5.41, 5.74) is 10.2. The Bertz CT molecular complexity index is 716. The first-order chi connectivity index (χ1) is 9.16. The van der Waals surface area contributed by atoms with Gasteiger partial charge in [-0.25, -0.2) is 0 Å². The van der Waals surface area contributed by atoms with Crippen molar-refractivity contribution in [2.45, 2.75) is 19.9 Å². The molecule has 0 fully saturated rings. The summed E-state index contributed by atoms with van der Waals surface area (Å²) in [6.45, 7) is 4.09. The van der Waals surface area contributed by atoms with Gasteiger partial charge in [-0.1, -0.05) is 18.2 Å². The molecule has 3 aromatic rings. The van der Waals surface area contributed by atoms with E-state index in [1.165, 1.54) is 5.56 Å². The third-order valence-electron chi connectivity index (χ3n) is 3.42. The maximum atomic E-state index is 6.26. The Balaban J connectivity index is 2.13. The van der Waals surface area contributed by atoms with Gasteiger partial charge in [-0.3, -0.25) is 4.98 Å². The second kappa shape index (κ2) is 4.52. The minimum Gasteiger partial charge on any atom is -0.459 e.